The van der Waals surface area contributed by atoms with Crippen LogP contribution in [-0.4, -0.2) is 20.2 Å². The summed E-state index contributed by atoms with van der Waals surface area (Å²) in [6, 6.07) is 9.51. The van der Waals surface area contributed by atoms with Gasteiger partial charge >= 0.3 is 0 Å². The molecule has 0 unspecified atom stereocenters. The fraction of sp³-hybridized carbons (Fsp3) is 0.0714. The van der Waals surface area contributed by atoms with E-state index in [0.717, 1.165) is 5.00 Å². The second kappa shape index (κ2) is 6.31. The molecule has 2 aromatic heterocycles. The molecule has 0 fully saturated rings. The average Bonchev–Trinajstić information content (AvgIpc) is 3.12. The minimum absolute atomic E-state index is 0.00580. The molecule has 0 bridgehead atoms. The van der Waals surface area contributed by atoms with Gasteiger partial charge in [-0.1, -0.05) is 12.1 Å². The molecule has 3 aromatic rings. The summed E-state index contributed by atoms with van der Waals surface area (Å²) in [5.74, 6) is -0.891. The minimum Gasteiger partial charge on any atom is -0.366 e. The van der Waals surface area contributed by atoms with Crippen LogP contribution in [0.2, 0.25) is 0 Å². The van der Waals surface area contributed by atoms with Crippen molar-refractivity contribution in [3.63, 3.8) is 0 Å². The number of hydrogen-bond acceptors (Lipinski definition) is 6. The van der Waals surface area contributed by atoms with Gasteiger partial charge in [0.15, 0.2) is 5.78 Å². The Kier molecular flexibility index (Phi) is 4.22. The Morgan fingerprint density at radius 2 is 2.13 bits per heavy atom. The van der Waals surface area contributed by atoms with Crippen LogP contribution in [0.15, 0.2) is 41.8 Å². The van der Waals surface area contributed by atoms with Crippen LogP contribution in [0.1, 0.15) is 10.4 Å². The zero-order chi connectivity index (χ0) is 16.4. The fourth-order valence-electron chi connectivity index (χ4n) is 1.99. The Balaban J connectivity index is 1.86. The van der Waals surface area contributed by atoms with E-state index >= 15 is 0 Å². The lowest BCUT2D eigenvalue weighted by Crippen LogP contribution is -2.15. The molecule has 2 heterocycles. The van der Waals surface area contributed by atoms with Crippen LogP contribution in [0.25, 0.3) is 0 Å². The molecule has 1 aromatic carbocycles. The van der Waals surface area contributed by atoms with Crippen LogP contribution in [0.5, 0.6) is 0 Å². The highest BCUT2D eigenvalue weighted by molar-refractivity contribution is 7.71. The first-order chi connectivity index (χ1) is 11.1. The summed E-state index contributed by atoms with van der Waals surface area (Å²) in [6.07, 6.45) is 0. The van der Waals surface area contributed by atoms with E-state index < -0.39 is 11.6 Å². The lowest BCUT2D eigenvalue weighted by atomic mass is 10.1. The van der Waals surface area contributed by atoms with E-state index in [1.165, 1.54) is 38.9 Å². The van der Waals surface area contributed by atoms with Crippen molar-refractivity contribution in [3.05, 3.63) is 57.9 Å². The largest absolute Gasteiger partial charge is 0.366 e. The van der Waals surface area contributed by atoms with E-state index in [4.69, 9.17) is 18.0 Å². The van der Waals surface area contributed by atoms with Crippen molar-refractivity contribution >= 4 is 40.3 Å². The van der Waals surface area contributed by atoms with E-state index in [2.05, 4.69) is 10.5 Å². The number of halogens is 1. The number of anilines is 2. The number of hydrogen-bond donors (Lipinski definition) is 2. The van der Waals surface area contributed by atoms with Crippen LogP contribution in [0.4, 0.5) is 15.3 Å². The monoisotopic (exact) mass is 349 g/mol. The van der Waals surface area contributed by atoms with Gasteiger partial charge in [0.25, 0.3) is 0 Å². The highest BCUT2D eigenvalue weighted by Gasteiger charge is 2.15. The molecular formula is C14H12FN5OS2. The van der Waals surface area contributed by atoms with Gasteiger partial charge in [-0.15, -0.1) is 16.4 Å². The number of Topliss-reactive ketones (excluding diaryl/α,β-unsaturated/α-hetero) is 1. The predicted molar refractivity (Wildman–Crippen MR) is 89.5 cm³/mol. The van der Waals surface area contributed by atoms with Crippen LogP contribution >= 0.6 is 23.6 Å². The summed E-state index contributed by atoms with van der Waals surface area (Å²) >= 11 is 6.74. The quantitative estimate of drug-likeness (QED) is 0.547. The maximum atomic E-state index is 13.7. The number of rotatable bonds is 5. The highest BCUT2D eigenvalue weighted by Crippen LogP contribution is 2.17. The van der Waals surface area contributed by atoms with E-state index in [0.29, 0.717) is 0 Å². The molecule has 0 saturated heterocycles. The maximum absolute atomic E-state index is 13.7. The van der Waals surface area contributed by atoms with E-state index in [1.54, 1.807) is 6.07 Å². The normalized spacial score (nSPS) is 10.7. The summed E-state index contributed by atoms with van der Waals surface area (Å²) in [7, 11) is 0. The summed E-state index contributed by atoms with van der Waals surface area (Å²) in [6.45, 7) is -0.191. The van der Waals surface area contributed by atoms with Gasteiger partial charge in [-0.2, -0.15) is 4.68 Å². The Morgan fingerprint density at radius 3 is 2.83 bits per heavy atom. The Bertz CT molecular complexity index is 900. The maximum Gasteiger partial charge on any atom is 0.240 e. The van der Waals surface area contributed by atoms with E-state index in [-0.39, 0.29) is 22.8 Å². The van der Waals surface area contributed by atoms with Crippen molar-refractivity contribution in [3.8, 4) is 0 Å². The molecule has 0 saturated carbocycles. The van der Waals surface area contributed by atoms with Gasteiger partial charge in [-0.3, -0.25) is 10.2 Å². The van der Waals surface area contributed by atoms with Gasteiger partial charge in [-0.25, -0.2) is 9.07 Å². The number of nitrogens with one attached hydrogen (secondary N) is 1. The summed E-state index contributed by atoms with van der Waals surface area (Å²) in [5.41, 5.74) is 8.82. The molecule has 6 nitrogen and oxygen atoms in total. The van der Waals surface area contributed by atoms with Crippen LogP contribution in [0.3, 0.4) is 0 Å². The third-order valence-electron chi connectivity index (χ3n) is 3.08. The van der Waals surface area contributed by atoms with Gasteiger partial charge in [-0.05, 0) is 41.9 Å². The third kappa shape index (κ3) is 3.15. The molecule has 0 amide bonds. The van der Waals surface area contributed by atoms with Gasteiger partial charge in [0.1, 0.15) is 17.4 Å². The van der Waals surface area contributed by atoms with Crippen molar-refractivity contribution in [2.45, 2.75) is 6.54 Å². The standard InChI is InChI=1S/C14H12FN5OS2/c15-10-5-2-1-4-9(10)11(21)8-19-14(22)20(13(16)18-19)17-12-6-3-7-23-12/h1-7,17H,8H2,(H2,16,18). The molecule has 0 aliphatic heterocycles. The number of carbonyl (C=O) groups excluding carboxylic acids is 1. The molecule has 23 heavy (non-hydrogen) atoms. The number of aromatic nitrogens is 3. The van der Waals surface area contributed by atoms with Crippen molar-refractivity contribution < 1.29 is 9.18 Å². The van der Waals surface area contributed by atoms with Crippen molar-refractivity contribution in [1.29, 1.82) is 0 Å². The number of nitrogens with two attached hydrogens (primary N) is 1. The second-order valence-corrected chi connectivity index (χ2v) is 5.94. The Labute approximate surface area is 139 Å². The van der Waals surface area contributed by atoms with Crippen LogP contribution in [0, 0.1) is 10.6 Å². The molecule has 118 valence electrons. The summed E-state index contributed by atoms with van der Waals surface area (Å²) in [5, 5.41) is 6.76. The number of nitrogen functional groups attached to an aromatic ring is 1. The molecule has 0 aliphatic rings. The molecule has 9 heteroatoms. The van der Waals surface area contributed by atoms with Gasteiger partial charge in [0.2, 0.25) is 10.7 Å². The van der Waals surface area contributed by atoms with Gasteiger partial charge in [0, 0.05) is 0 Å². The number of thiophene rings is 1. The Hall–Kier alpha value is -2.52. The lowest BCUT2D eigenvalue weighted by molar-refractivity contribution is 0.0963. The SMILES string of the molecule is Nc1nn(CC(=O)c2ccccc2F)c(=S)n1Nc1cccs1. The van der Waals surface area contributed by atoms with Crippen molar-refractivity contribution in [2.75, 3.05) is 11.2 Å². The smallest absolute Gasteiger partial charge is 0.240 e. The fourth-order valence-corrected chi connectivity index (χ4v) is 2.84. The highest BCUT2D eigenvalue weighted by atomic mass is 32.1. The topological polar surface area (TPSA) is 77.9 Å². The number of ketones is 1. The molecular weight excluding hydrogens is 337 g/mol. The van der Waals surface area contributed by atoms with E-state index in [9.17, 15) is 9.18 Å². The zero-order valence-corrected chi connectivity index (χ0v) is 13.4. The molecule has 0 radical (unpaired) electrons. The van der Waals surface area contributed by atoms with Crippen LogP contribution < -0.4 is 11.2 Å². The van der Waals surface area contributed by atoms with Crippen LogP contribution in [-0.2, 0) is 6.54 Å². The Morgan fingerprint density at radius 1 is 1.35 bits per heavy atom. The minimum atomic E-state index is -0.576. The zero-order valence-electron chi connectivity index (χ0n) is 11.8. The molecule has 0 spiro atoms. The summed E-state index contributed by atoms with van der Waals surface area (Å²) < 4.78 is 16.5. The molecule has 3 N–H and O–H groups in total. The number of nitrogens with zero attached hydrogens (tertiary/aromatic N) is 3. The predicted octanol–water partition coefficient (Wildman–Crippen LogP) is 2.95. The first-order valence-electron chi connectivity index (χ1n) is 6.60. The molecule has 0 aliphatic carbocycles. The average molecular weight is 349 g/mol. The third-order valence-corrected chi connectivity index (χ3v) is 4.24. The van der Waals surface area contributed by atoms with Crippen molar-refractivity contribution in [1.82, 2.24) is 14.5 Å². The van der Waals surface area contributed by atoms with E-state index in [1.807, 2.05) is 17.5 Å². The first kappa shape index (κ1) is 15.4. The van der Waals surface area contributed by atoms with Crippen molar-refractivity contribution in [2.24, 2.45) is 0 Å². The number of carbonyl (C=O) groups is 1. The number of benzene rings is 1. The van der Waals surface area contributed by atoms with Gasteiger partial charge in [0.05, 0.1) is 5.56 Å². The first-order valence-corrected chi connectivity index (χ1v) is 7.88. The molecule has 3 rings (SSSR count). The summed E-state index contributed by atoms with van der Waals surface area (Å²) in [4.78, 5) is 12.2. The molecule has 0 atom stereocenters. The lowest BCUT2D eigenvalue weighted by Gasteiger charge is -2.05. The second-order valence-electron chi connectivity index (χ2n) is 4.63. The van der Waals surface area contributed by atoms with Gasteiger partial charge < -0.3 is 5.73 Å².